The fourth-order valence-corrected chi connectivity index (χ4v) is 10.4. The molecule has 3 rings (SSSR count). The van der Waals surface area contributed by atoms with Gasteiger partial charge in [0.25, 0.3) is 0 Å². The fourth-order valence-electron chi connectivity index (χ4n) is 9.68. The average Bonchev–Trinajstić information content (AvgIpc) is 3.43. The summed E-state index contributed by atoms with van der Waals surface area (Å²) in [5.41, 5.74) is 3.27. The van der Waals surface area contributed by atoms with Crippen molar-refractivity contribution in [1.82, 2.24) is 22.9 Å². The van der Waals surface area contributed by atoms with Gasteiger partial charge in [-0.15, -0.1) is 0 Å². The number of amides is 3. The molecule has 2 aromatic carbocycles. The molecule has 0 fully saturated rings. The Morgan fingerprint density at radius 3 is 1.58 bits per heavy atom. The van der Waals surface area contributed by atoms with Gasteiger partial charge in [-0.05, 0) is 36.6 Å². The summed E-state index contributed by atoms with van der Waals surface area (Å²) in [6, 6.07) is 15.2. The molecule has 0 spiro atoms. The van der Waals surface area contributed by atoms with Crippen molar-refractivity contribution >= 4 is 43.4 Å². The molecule has 84 heavy (non-hydrogen) atoms. The van der Waals surface area contributed by atoms with E-state index in [4.69, 9.17) is 28.0 Å². The Labute approximate surface area is 505 Å². The van der Waals surface area contributed by atoms with Crippen molar-refractivity contribution in [1.29, 1.82) is 0 Å². The van der Waals surface area contributed by atoms with Crippen LogP contribution in [0.3, 0.4) is 0 Å². The summed E-state index contributed by atoms with van der Waals surface area (Å²) in [4.78, 5) is 75.9. The third-order valence-electron chi connectivity index (χ3n) is 14.5. The topological polar surface area (TPSA) is 272 Å². The number of fused-ring (bicyclic) bond motifs is 2. The lowest BCUT2D eigenvalue weighted by Gasteiger charge is -2.26. The van der Waals surface area contributed by atoms with Crippen LogP contribution in [0.4, 0.5) is 10.5 Å². The van der Waals surface area contributed by atoms with Crippen LogP contribution in [0.15, 0.2) is 48.5 Å². The summed E-state index contributed by atoms with van der Waals surface area (Å²) in [6.45, 7) is 3.44. The van der Waals surface area contributed by atoms with E-state index in [1.165, 1.54) is 141 Å². The maximum Gasteiger partial charge on any atom is 0.472 e. The van der Waals surface area contributed by atoms with Gasteiger partial charge in [0.2, 0.25) is 11.8 Å². The lowest BCUT2D eigenvalue weighted by molar-refractivity contribution is -0.161. The second kappa shape index (κ2) is 51.4. The summed E-state index contributed by atoms with van der Waals surface area (Å²) < 4.78 is 44.6. The molecule has 7 N–H and O–H groups in total. The Morgan fingerprint density at radius 2 is 1.02 bits per heavy atom. The minimum Gasteiger partial charge on any atom is -0.462 e. The summed E-state index contributed by atoms with van der Waals surface area (Å²) in [5, 5.41) is 5.16. The largest absolute Gasteiger partial charge is 0.472 e. The number of esters is 2. The Morgan fingerprint density at radius 1 is 0.536 bits per heavy atom. The summed E-state index contributed by atoms with van der Waals surface area (Å²) in [7, 11) is -4.68. The zero-order chi connectivity index (χ0) is 59.0. The highest BCUT2D eigenvalue weighted by atomic mass is 31.2. The smallest absolute Gasteiger partial charge is 0.462 e. The average molecular weight is 1200 g/mol. The van der Waals surface area contributed by atoms with Crippen LogP contribution < -0.4 is 27.8 Å². The standard InChI is InChI=1S/C65H104N3O13P.H3N.HN/c1-3-5-7-9-11-13-15-17-19-21-23-25-27-29-31-41-63(71)78-54-59(81-64(72)42-32-30-28-26-24-22-20-18-16-14-12-10-8-6-4-2)55-80-82(74,75)79-50-48-67-65(73)77-52-51-76-49-46-61(69)66-47-45-62(70)68-53-58-39-34-33-37-56(58)43-44-57-38-35-36-40-60(57)68;;/h33-40,59H,3-32,41-42,45-55H2,1-2H3,(H,66,69)(H,67,73)(H,74,75);1H3;1H/t59-;;/m1../s1. The van der Waals surface area contributed by atoms with E-state index >= 15 is 0 Å². The van der Waals surface area contributed by atoms with Gasteiger partial charge in [-0.25, -0.2) is 9.36 Å². The lowest BCUT2D eigenvalue weighted by Crippen LogP contribution is -2.35. The van der Waals surface area contributed by atoms with E-state index in [2.05, 4.69) is 36.3 Å². The van der Waals surface area contributed by atoms with Crippen LogP contribution in [0.1, 0.15) is 249 Å². The maximum absolute atomic E-state index is 13.4. The number of nitrogens with one attached hydrogen (secondary N) is 3. The SMILES string of the molecule is CCCCCCCCCCCCCCCCCC(=O)OC[C@H](COP(=O)(O)OCCNC(=O)OCCOCCC(=O)NCCC(=O)N1Cc2ccccc2C#Cc2ccccc21)OC(=O)CCCCCCCCCCCCCCCCC.N.[NH]. The third kappa shape index (κ3) is 39.7. The van der Waals surface area contributed by atoms with Crippen LogP contribution >= 0.6 is 7.82 Å². The van der Waals surface area contributed by atoms with Crippen molar-refractivity contribution in [2.75, 3.05) is 57.6 Å². The van der Waals surface area contributed by atoms with Gasteiger partial charge in [0, 0.05) is 49.9 Å². The van der Waals surface area contributed by atoms with Gasteiger partial charge in [0.15, 0.2) is 6.10 Å². The van der Waals surface area contributed by atoms with Gasteiger partial charge in [-0.3, -0.25) is 28.2 Å². The molecule has 18 nitrogen and oxygen atoms in total. The van der Waals surface area contributed by atoms with E-state index in [0.29, 0.717) is 19.4 Å². The Bertz CT molecular complexity index is 2170. The van der Waals surface area contributed by atoms with Gasteiger partial charge in [-0.2, -0.15) is 6.15 Å². The molecule has 1 heterocycles. The summed E-state index contributed by atoms with van der Waals surface area (Å²) in [6.07, 6.45) is 34.8. The number of unbranched alkanes of at least 4 members (excludes halogenated alkanes) is 28. The second-order valence-corrected chi connectivity index (χ2v) is 23.2. The van der Waals surface area contributed by atoms with Crippen LogP contribution in [0.5, 0.6) is 0 Å². The molecular formula is C65H108N5O13P. The van der Waals surface area contributed by atoms with Gasteiger partial charge in [0.05, 0.1) is 38.7 Å². The number of anilines is 1. The number of hydrogen-bond acceptors (Lipinski definition) is 13. The monoisotopic (exact) mass is 1200 g/mol. The van der Waals surface area contributed by atoms with E-state index in [1.807, 2.05) is 48.5 Å². The van der Waals surface area contributed by atoms with Crippen LogP contribution in [0.2, 0.25) is 0 Å². The molecular weight excluding hydrogens is 1090 g/mol. The van der Waals surface area contributed by atoms with Crippen molar-refractivity contribution in [3.05, 3.63) is 65.2 Å². The first-order chi connectivity index (χ1) is 40.0. The molecule has 1 aliphatic heterocycles. The van der Waals surface area contributed by atoms with E-state index in [-0.39, 0.29) is 89.3 Å². The highest BCUT2D eigenvalue weighted by Gasteiger charge is 2.27. The minimum atomic E-state index is -4.68. The Hall–Kier alpha value is -4.86. The van der Waals surface area contributed by atoms with Crippen LogP contribution in [0, 0.1) is 11.8 Å². The van der Waals surface area contributed by atoms with Crippen molar-refractivity contribution < 1.29 is 61.4 Å². The molecule has 0 saturated carbocycles. The number of para-hydroxylation sites is 1. The van der Waals surface area contributed by atoms with Crippen molar-refractivity contribution in [2.45, 2.75) is 245 Å². The van der Waals surface area contributed by atoms with E-state index < -0.39 is 45.2 Å². The number of ether oxygens (including phenoxy) is 4. The van der Waals surface area contributed by atoms with Gasteiger partial charge in [-0.1, -0.05) is 236 Å². The zero-order valence-corrected chi connectivity index (χ0v) is 52.4. The second-order valence-electron chi connectivity index (χ2n) is 21.7. The summed E-state index contributed by atoms with van der Waals surface area (Å²) in [5.74, 6) is 4.98. The van der Waals surface area contributed by atoms with Crippen molar-refractivity contribution in [2.24, 2.45) is 0 Å². The lowest BCUT2D eigenvalue weighted by atomic mass is 10.0. The number of rotatable bonds is 51. The molecule has 2 atom stereocenters. The molecule has 0 saturated heterocycles. The van der Waals surface area contributed by atoms with Crippen molar-refractivity contribution in [3.63, 3.8) is 0 Å². The zero-order valence-electron chi connectivity index (χ0n) is 51.5. The molecule has 3 amide bonds. The number of hydrogen-bond donors (Lipinski definition) is 4. The van der Waals surface area contributed by atoms with Gasteiger partial charge >= 0.3 is 25.9 Å². The first-order valence-electron chi connectivity index (χ1n) is 31.7. The number of phosphoric ester groups is 1. The minimum absolute atomic E-state index is 0. The quantitative estimate of drug-likeness (QED) is 0.0158. The molecule has 2 aromatic rings. The Balaban J connectivity index is 0.0000176. The van der Waals surface area contributed by atoms with Gasteiger partial charge < -0.3 is 45.5 Å². The highest BCUT2D eigenvalue weighted by Crippen LogP contribution is 2.43. The predicted molar refractivity (Wildman–Crippen MR) is 332 cm³/mol. The molecule has 0 aliphatic carbocycles. The molecule has 19 heteroatoms. The van der Waals surface area contributed by atoms with Gasteiger partial charge in [0.1, 0.15) is 13.2 Å². The summed E-state index contributed by atoms with van der Waals surface area (Å²) >= 11 is 0. The number of benzene rings is 2. The first kappa shape index (κ1) is 77.2. The number of phosphoric acid groups is 1. The van der Waals surface area contributed by atoms with E-state index in [0.717, 1.165) is 60.9 Å². The highest BCUT2D eigenvalue weighted by molar-refractivity contribution is 7.47. The van der Waals surface area contributed by atoms with Crippen LogP contribution in [0.25, 0.3) is 0 Å². The van der Waals surface area contributed by atoms with Crippen LogP contribution in [-0.4, -0.2) is 93.6 Å². The maximum atomic E-state index is 13.4. The number of alkyl carbamates (subject to hydrolysis) is 1. The molecule has 1 unspecified atom stereocenters. The fraction of sp³-hybridized carbons (Fsp3) is 0.708. The number of carbonyl (C=O) groups excluding carboxylic acids is 5. The Kier molecular flexibility index (Phi) is 47.2. The van der Waals surface area contributed by atoms with E-state index in [9.17, 15) is 33.4 Å². The molecule has 0 aromatic heterocycles. The van der Waals surface area contributed by atoms with Crippen molar-refractivity contribution in [3.8, 4) is 11.8 Å². The normalized spacial score (nSPS) is 12.5. The number of nitrogens with zero attached hydrogens (tertiary/aromatic N) is 1. The molecule has 1 aliphatic rings. The van der Waals surface area contributed by atoms with E-state index in [1.54, 1.807) is 4.90 Å². The van der Waals surface area contributed by atoms with Crippen LogP contribution in [-0.2, 0) is 58.3 Å². The first-order valence-corrected chi connectivity index (χ1v) is 33.2. The molecule has 2 radical (unpaired) electrons. The molecule has 476 valence electrons. The third-order valence-corrected chi connectivity index (χ3v) is 15.5. The number of carbonyl (C=O) groups is 5. The molecule has 0 bridgehead atoms. The predicted octanol–water partition coefficient (Wildman–Crippen LogP) is 14.6.